The van der Waals surface area contributed by atoms with E-state index in [1.807, 2.05) is 25.7 Å². The van der Waals surface area contributed by atoms with Crippen LogP contribution in [0.5, 0.6) is 0 Å². The number of carbonyl (C=O) groups is 1. The van der Waals surface area contributed by atoms with Crippen LogP contribution in [-0.2, 0) is 4.79 Å². The highest BCUT2D eigenvalue weighted by atomic mass is 19.1. The molecule has 21 heavy (non-hydrogen) atoms. The van der Waals surface area contributed by atoms with Crippen LogP contribution in [0.15, 0.2) is 24.3 Å². The number of hydrogen-bond donors (Lipinski definition) is 2. The molecule has 0 aliphatic rings. The minimum Gasteiger partial charge on any atom is -0.396 e. The zero-order chi connectivity index (χ0) is 15.8. The fourth-order valence-corrected chi connectivity index (χ4v) is 2.10. The van der Waals surface area contributed by atoms with Gasteiger partial charge in [-0.2, -0.15) is 0 Å². The van der Waals surface area contributed by atoms with Gasteiger partial charge in [-0.15, -0.1) is 0 Å². The molecule has 118 valence electrons. The highest BCUT2D eigenvalue weighted by molar-refractivity contribution is 5.78. The van der Waals surface area contributed by atoms with E-state index in [9.17, 15) is 9.18 Å². The average Bonchev–Trinajstić information content (AvgIpc) is 2.43. The summed E-state index contributed by atoms with van der Waals surface area (Å²) in [4.78, 5) is 14.1. The van der Waals surface area contributed by atoms with Crippen molar-refractivity contribution in [2.24, 2.45) is 0 Å². The highest BCUT2D eigenvalue weighted by Crippen LogP contribution is 2.12. The maximum absolute atomic E-state index is 12.9. The van der Waals surface area contributed by atoms with E-state index < -0.39 is 0 Å². The molecule has 2 N–H and O–H groups in total. The molecular formula is C16H25FN2O2. The second-order valence-corrected chi connectivity index (χ2v) is 5.48. The largest absolute Gasteiger partial charge is 0.396 e. The molecule has 1 unspecified atom stereocenters. The topological polar surface area (TPSA) is 52.6 Å². The van der Waals surface area contributed by atoms with Crippen molar-refractivity contribution in [1.29, 1.82) is 0 Å². The van der Waals surface area contributed by atoms with E-state index in [2.05, 4.69) is 5.32 Å². The molecule has 0 saturated heterocycles. The van der Waals surface area contributed by atoms with Crippen molar-refractivity contribution in [3.05, 3.63) is 35.6 Å². The number of benzene rings is 1. The van der Waals surface area contributed by atoms with Crippen LogP contribution >= 0.6 is 0 Å². The Labute approximate surface area is 126 Å². The summed E-state index contributed by atoms with van der Waals surface area (Å²) in [5.41, 5.74) is 0.871. The van der Waals surface area contributed by atoms with Gasteiger partial charge in [-0.05, 0) is 44.9 Å². The molecule has 0 spiro atoms. The number of rotatable bonds is 8. The number of amides is 1. The van der Waals surface area contributed by atoms with Gasteiger partial charge in [-0.25, -0.2) is 4.39 Å². The molecule has 5 heteroatoms. The van der Waals surface area contributed by atoms with Gasteiger partial charge in [-0.3, -0.25) is 9.69 Å². The Bertz CT molecular complexity index is 434. The van der Waals surface area contributed by atoms with Gasteiger partial charge >= 0.3 is 0 Å². The van der Waals surface area contributed by atoms with E-state index >= 15 is 0 Å². The van der Waals surface area contributed by atoms with Crippen LogP contribution in [0.3, 0.4) is 0 Å². The van der Waals surface area contributed by atoms with Gasteiger partial charge in [0.2, 0.25) is 5.91 Å². The number of hydrogen-bond acceptors (Lipinski definition) is 3. The fraction of sp³-hybridized carbons (Fsp3) is 0.562. The molecule has 1 amide bonds. The predicted octanol–water partition coefficient (Wildman–Crippen LogP) is 2.10. The second kappa shape index (κ2) is 8.74. The summed E-state index contributed by atoms with van der Waals surface area (Å²) in [7, 11) is 0. The third-order valence-corrected chi connectivity index (χ3v) is 3.43. The lowest BCUT2D eigenvalue weighted by Gasteiger charge is -2.26. The Kier molecular flexibility index (Phi) is 7.32. The van der Waals surface area contributed by atoms with Crippen LogP contribution in [0.4, 0.5) is 4.39 Å². The fourth-order valence-electron chi connectivity index (χ4n) is 2.10. The molecular weight excluding hydrogens is 271 g/mol. The molecule has 1 rings (SSSR count). The quantitative estimate of drug-likeness (QED) is 0.772. The first-order chi connectivity index (χ1) is 9.93. The van der Waals surface area contributed by atoms with Crippen LogP contribution in [0.1, 0.15) is 38.8 Å². The first-order valence-electron chi connectivity index (χ1n) is 7.33. The Morgan fingerprint density at radius 3 is 2.43 bits per heavy atom. The summed E-state index contributed by atoms with van der Waals surface area (Å²) in [5, 5.41) is 11.8. The van der Waals surface area contributed by atoms with E-state index in [1.165, 1.54) is 12.1 Å². The van der Waals surface area contributed by atoms with Crippen LogP contribution in [0.2, 0.25) is 0 Å². The van der Waals surface area contributed by atoms with Crippen molar-refractivity contribution < 1.29 is 14.3 Å². The van der Waals surface area contributed by atoms with E-state index in [0.717, 1.165) is 5.56 Å². The standard InChI is InChI=1S/C16H25FN2O2/c1-12(2)19(9-4-10-20)11-16(21)18-13(3)14-5-7-15(17)8-6-14/h5-8,12-13,20H,4,9-11H2,1-3H3,(H,18,21). The lowest BCUT2D eigenvalue weighted by Crippen LogP contribution is -2.42. The molecule has 4 nitrogen and oxygen atoms in total. The molecule has 1 atom stereocenters. The molecule has 0 aliphatic carbocycles. The minimum absolute atomic E-state index is 0.0709. The van der Waals surface area contributed by atoms with E-state index in [-0.39, 0.29) is 30.4 Å². The molecule has 0 saturated carbocycles. The van der Waals surface area contributed by atoms with Crippen molar-refractivity contribution >= 4 is 5.91 Å². The Balaban J connectivity index is 2.52. The minimum atomic E-state index is -0.285. The lowest BCUT2D eigenvalue weighted by atomic mass is 10.1. The van der Waals surface area contributed by atoms with Crippen LogP contribution < -0.4 is 5.32 Å². The van der Waals surface area contributed by atoms with E-state index in [4.69, 9.17) is 5.11 Å². The highest BCUT2D eigenvalue weighted by Gasteiger charge is 2.15. The average molecular weight is 296 g/mol. The number of nitrogens with zero attached hydrogens (tertiary/aromatic N) is 1. The molecule has 0 bridgehead atoms. The summed E-state index contributed by atoms with van der Waals surface area (Å²) in [6, 6.07) is 6.20. The molecule has 0 aliphatic heterocycles. The summed E-state index contributed by atoms with van der Waals surface area (Å²) in [6.45, 7) is 7.02. The van der Waals surface area contributed by atoms with E-state index in [1.54, 1.807) is 12.1 Å². The molecule has 0 heterocycles. The van der Waals surface area contributed by atoms with Crippen LogP contribution in [0.25, 0.3) is 0 Å². The lowest BCUT2D eigenvalue weighted by molar-refractivity contribution is -0.123. The summed E-state index contributed by atoms with van der Waals surface area (Å²) in [6.07, 6.45) is 0.652. The van der Waals surface area contributed by atoms with Gasteiger partial charge in [0.1, 0.15) is 5.82 Å². The summed E-state index contributed by atoms with van der Waals surface area (Å²) < 4.78 is 12.9. The molecule has 1 aromatic rings. The molecule has 0 aromatic heterocycles. The van der Waals surface area contributed by atoms with Crippen LogP contribution in [0, 0.1) is 5.82 Å². The van der Waals surface area contributed by atoms with E-state index in [0.29, 0.717) is 19.5 Å². The maximum Gasteiger partial charge on any atom is 0.234 e. The molecule has 1 aromatic carbocycles. The van der Waals surface area contributed by atoms with Gasteiger partial charge in [0, 0.05) is 19.2 Å². The van der Waals surface area contributed by atoms with Gasteiger partial charge in [0.05, 0.1) is 12.6 Å². The van der Waals surface area contributed by atoms with Crippen molar-refractivity contribution in [2.45, 2.75) is 39.3 Å². The third kappa shape index (κ3) is 6.23. The first-order valence-corrected chi connectivity index (χ1v) is 7.33. The maximum atomic E-state index is 12.9. The van der Waals surface area contributed by atoms with Crippen molar-refractivity contribution in [1.82, 2.24) is 10.2 Å². The smallest absolute Gasteiger partial charge is 0.234 e. The van der Waals surface area contributed by atoms with Gasteiger partial charge in [-0.1, -0.05) is 12.1 Å². The van der Waals surface area contributed by atoms with Gasteiger partial charge in [0.15, 0.2) is 0 Å². The first kappa shape index (κ1) is 17.6. The van der Waals surface area contributed by atoms with Crippen molar-refractivity contribution in [3.8, 4) is 0 Å². The number of carbonyl (C=O) groups excluding carboxylic acids is 1. The van der Waals surface area contributed by atoms with Gasteiger partial charge in [0.25, 0.3) is 0 Å². The van der Waals surface area contributed by atoms with Gasteiger partial charge < -0.3 is 10.4 Å². The Hall–Kier alpha value is -1.46. The number of nitrogens with one attached hydrogen (secondary N) is 1. The number of halogens is 1. The predicted molar refractivity (Wildman–Crippen MR) is 81.4 cm³/mol. The third-order valence-electron chi connectivity index (χ3n) is 3.43. The number of aliphatic hydroxyl groups is 1. The SMILES string of the molecule is CC(NC(=O)CN(CCCO)C(C)C)c1ccc(F)cc1. The summed E-state index contributed by atoms with van der Waals surface area (Å²) in [5.74, 6) is -0.356. The van der Waals surface area contributed by atoms with Crippen molar-refractivity contribution in [2.75, 3.05) is 19.7 Å². The monoisotopic (exact) mass is 296 g/mol. The normalized spacial score (nSPS) is 12.7. The molecule has 0 radical (unpaired) electrons. The zero-order valence-electron chi connectivity index (χ0n) is 13.0. The number of aliphatic hydroxyl groups excluding tert-OH is 1. The second-order valence-electron chi connectivity index (χ2n) is 5.48. The zero-order valence-corrected chi connectivity index (χ0v) is 13.0. The molecule has 0 fully saturated rings. The summed E-state index contributed by atoms with van der Waals surface area (Å²) >= 11 is 0. The Morgan fingerprint density at radius 2 is 1.90 bits per heavy atom. The van der Waals surface area contributed by atoms with Crippen LogP contribution in [-0.4, -0.2) is 41.7 Å². The Morgan fingerprint density at radius 1 is 1.29 bits per heavy atom. The van der Waals surface area contributed by atoms with Crippen molar-refractivity contribution in [3.63, 3.8) is 0 Å².